The van der Waals surface area contributed by atoms with Crippen molar-refractivity contribution < 1.29 is 4.79 Å². The number of hydrogen-bond donors (Lipinski definition) is 0. The lowest BCUT2D eigenvalue weighted by Gasteiger charge is -2.16. The topological polar surface area (TPSA) is 32.7 Å². The van der Waals surface area contributed by atoms with Gasteiger partial charge in [0.1, 0.15) is 0 Å². The number of rotatable bonds is 4. The van der Waals surface area contributed by atoms with Gasteiger partial charge in [-0.1, -0.05) is 78.0 Å². The van der Waals surface area contributed by atoms with Crippen LogP contribution >= 0.6 is 11.8 Å². The van der Waals surface area contributed by atoms with Gasteiger partial charge in [0.2, 0.25) is 5.91 Å². The van der Waals surface area contributed by atoms with Crippen LogP contribution in [0.5, 0.6) is 0 Å². The van der Waals surface area contributed by atoms with Crippen molar-refractivity contribution in [1.82, 2.24) is 0 Å². The third-order valence-corrected chi connectivity index (χ3v) is 5.61. The van der Waals surface area contributed by atoms with Gasteiger partial charge in [0, 0.05) is 0 Å². The van der Waals surface area contributed by atoms with Crippen LogP contribution in [0.2, 0.25) is 0 Å². The number of hydrogen-bond acceptors (Lipinski definition) is 3. The van der Waals surface area contributed by atoms with E-state index in [0.29, 0.717) is 6.42 Å². The van der Waals surface area contributed by atoms with E-state index >= 15 is 0 Å². The highest BCUT2D eigenvalue weighted by molar-refractivity contribution is 8.16. The molecule has 0 aliphatic carbocycles. The highest BCUT2D eigenvalue weighted by Gasteiger charge is 2.38. The van der Waals surface area contributed by atoms with Crippen LogP contribution in [-0.2, 0) is 11.2 Å². The van der Waals surface area contributed by atoms with Crippen LogP contribution in [0.4, 0.5) is 11.4 Å². The molecule has 1 heterocycles. The van der Waals surface area contributed by atoms with Gasteiger partial charge in [-0.15, -0.1) is 0 Å². The average molecular weight is 372 g/mol. The van der Waals surface area contributed by atoms with Crippen molar-refractivity contribution in [3.63, 3.8) is 0 Å². The lowest BCUT2D eigenvalue weighted by molar-refractivity contribution is -0.116. The summed E-state index contributed by atoms with van der Waals surface area (Å²) in [5, 5.41) is 0.560. The van der Waals surface area contributed by atoms with E-state index in [1.54, 1.807) is 16.7 Å². The van der Waals surface area contributed by atoms with Crippen LogP contribution < -0.4 is 4.90 Å². The second-order valence-electron chi connectivity index (χ2n) is 6.54. The molecule has 3 aromatic rings. The number of thioether (sulfide) groups is 1. The number of carbonyl (C=O) groups excluding carboxylic acids is 1. The van der Waals surface area contributed by atoms with Gasteiger partial charge in [0.15, 0.2) is 5.17 Å². The van der Waals surface area contributed by atoms with Gasteiger partial charge in [0.05, 0.1) is 16.6 Å². The molecule has 1 amide bonds. The third kappa shape index (κ3) is 3.96. The Balaban J connectivity index is 1.67. The molecular formula is C23H20N2OS. The first-order chi connectivity index (χ1) is 13.2. The predicted octanol–water partition coefficient (Wildman–Crippen LogP) is 5.37. The maximum Gasteiger partial charge on any atom is 0.247 e. The molecule has 1 aliphatic heterocycles. The van der Waals surface area contributed by atoms with Crippen LogP contribution in [0.25, 0.3) is 0 Å². The Bertz CT molecular complexity index is 953. The summed E-state index contributed by atoms with van der Waals surface area (Å²) >= 11 is 1.54. The van der Waals surface area contributed by atoms with Crippen LogP contribution in [0.1, 0.15) is 11.1 Å². The van der Waals surface area contributed by atoms with Gasteiger partial charge in [-0.2, -0.15) is 0 Å². The molecular weight excluding hydrogens is 352 g/mol. The fourth-order valence-electron chi connectivity index (χ4n) is 3.04. The number of benzene rings is 3. The van der Waals surface area contributed by atoms with Gasteiger partial charge < -0.3 is 0 Å². The quantitative estimate of drug-likeness (QED) is 0.616. The Kier molecular flexibility index (Phi) is 5.07. The summed E-state index contributed by atoms with van der Waals surface area (Å²) in [6.45, 7) is 2.07. The number of aliphatic imine (C=N–C) groups is 1. The number of aryl methyl sites for hydroxylation is 1. The van der Waals surface area contributed by atoms with Crippen molar-refractivity contribution in [2.45, 2.75) is 18.6 Å². The van der Waals surface area contributed by atoms with E-state index < -0.39 is 0 Å². The van der Waals surface area contributed by atoms with Crippen LogP contribution in [0.3, 0.4) is 0 Å². The Labute approximate surface area is 163 Å². The average Bonchev–Trinajstić information content (AvgIpc) is 3.00. The summed E-state index contributed by atoms with van der Waals surface area (Å²) in [6, 6.07) is 27.9. The molecule has 0 radical (unpaired) electrons. The number of nitrogens with zero attached hydrogens (tertiary/aromatic N) is 2. The summed E-state index contributed by atoms with van der Waals surface area (Å²) in [6.07, 6.45) is 0.695. The van der Waals surface area contributed by atoms with Crippen molar-refractivity contribution in [2.75, 3.05) is 4.90 Å². The molecule has 0 saturated carbocycles. The monoisotopic (exact) mass is 372 g/mol. The molecule has 0 bridgehead atoms. The minimum Gasteiger partial charge on any atom is -0.273 e. The number of amidine groups is 1. The molecule has 3 nitrogen and oxygen atoms in total. The summed E-state index contributed by atoms with van der Waals surface area (Å²) in [5.74, 6) is 0.0847. The number of anilines is 1. The van der Waals surface area contributed by atoms with Gasteiger partial charge in [-0.25, -0.2) is 4.99 Å². The van der Waals surface area contributed by atoms with Crippen LogP contribution in [-0.4, -0.2) is 16.3 Å². The zero-order valence-electron chi connectivity index (χ0n) is 15.1. The van der Waals surface area contributed by atoms with Crippen molar-refractivity contribution >= 4 is 34.2 Å². The van der Waals surface area contributed by atoms with Crippen molar-refractivity contribution in [1.29, 1.82) is 0 Å². The Morgan fingerprint density at radius 3 is 2.19 bits per heavy atom. The fraction of sp³-hybridized carbons (Fsp3) is 0.130. The molecule has 1 aliphatic rings. The summed E-state index contributed by atoms with van der Waals surface area (Å²) < 4.78 is 0. The van der Waals surface area contributed by atoms with Crippen molar-refractivity contribution in [2.24, 2.45) is 4.99 Å². The van der Waals surface area contributed by atoms with Gasteiger partial charge in [-0.3, -0.25) is 9.69 Å². The minimum absolute atomic E-state index is 0.0847. The maximum atomic E-state index is 13.2. The zero-order chi connectivity index (χ0) is 18.6. The Morgan fingerprint density at radius 1 is 0.889 bits per heavy atom. The molecule has 4 rings (SSSR count). The standard InChI is InChI=1S/C23H20N2OS/c1-17-12-14-18(15-13-17)16-21-22(26)25(20-10-6-3-7-11-20)23(27-21)24-19-8-4-2-5-9-19/h2-15,21H,16H2,1H3/t21-/m0/s1. The number of amides is 1. The number of para-hydroxylation sites is 2. The predicted molar refractivity (Wildman–Crippen MR) is 114 cm³/mol. The van der Waals surface area contributed by atoms with E-state index in [1.807, 2.05) is 60.7 Å². The first kappa shape index (κ1) is 17.6. The molecule has 0 unspecified atom stereocenters. The van der Waals surface area contributed by atoms with Crippen molar-refractivity contribution in [3.05, 3.63) is 96.1 Å². The fourth-order valence-corrected chi connectivity index (χ4v) is 4.24. The van der Waals surface area contributed by atoms with Crippen LogP contribution in [0, 0.1) is 6.92 Å². The zero-order valence-corrected chi connectivity index (χ0v) is 15.9. The largest absolute Gasteiger partial charge is 0.273 e. The molecule has 0 aromatic heterocycles. The minimum atomic E-state index is -0.171. The smallest absolute Gasteiger partial charge is 0.247 e. The molecule has 1 fully saturated rings. The Hall–Kier alpha value is -2.85. The van der Waals surface area contributed by atoms with E-state index in [1.165, 1.54) is 11.1 Å². The Morgan fingerprint density at radius 2 is 1.52 bits per heavy atom. The van der Waals surface area contributed by atoms with Gasteiger partial charge in [0.25, 0.3) is 0 Å². The molecule has 1 saturated heterocycles. The SMILES string of the molecule is Cc1ccc(C[C@@H]2SC(=Nc3ccccc3)N(c3ccccc3)C2=O)cc1. The first-order valence-electron chi connectivity index (χ1n) is 8.96. The summed E-state index contributed by atoms with van der Waals surface area (Å²) in [5.41, 5.74) is 4.10. The lowest BCUT2D eigenvalue weighted by Crippen LogP contribution is -2.32. The van der Waals surface area contributed by atoms with E-state index in [2.05, 4.69) is 31.2 Å². The van der Waals surface area contributed by atoms with Crippen molar-refractivity contribution in [3.8, 4) is 0 Å². The molecule has 0 N–H and O–H groups in total. The first-order valence-corrected chi connectivity index (χ1v) is 9.83. The molecule has 1 atom stereocenters. The normalized spacial score (nSPS) is 18.3. The maximum absolute atomic E-state index is 13.2. The molecule has 134 valence electrons. The molecule has 4 heteroatoms. The molecule has 0 spiro atoms. The van der Waals surface area contributed by atoms with Gasteiger partial charge >= 0.3 is 0 Å². The summed E-state index contributed by atoms with van der Waals surface area (Å²) in [4.78, 5) is 19.7. The van der Waals surface area contributed by atoms with Crippen LogP contribution in [0.15, 0.2) is 89.9 Å². The third-order valence-electron chi connectivity index (χ3n) is 4.47. The number of carbonyl (C=O) groups is 1. The van der Waals surface area contributed by atoms with E-state index in [4.69, 9.17) is 4.99 Å². The highest BCUT2D eigenvalue weighted by atomic mass is 32.2. The lowest BCUT2D eigenvalue weighted by atomic mass is 10.1. The second kappa shape index (κ2) is 7.80. The van der Waals surface area contributed by atoms with E-state index in [9.17, 15) is 4.79 Å². The molecule has 3 aromatic carbocycles. The highest BCUT2D eigenvalue weighted by Crippen LogP contribution is 2.35. The second-order valence-corrected chi connectivity index (χ2v) is 7.71. The molecule has 27 heavy (non-hydrogen) atoms. The van der Waals surface area contributed by atoms with E-state index in [-0.39, 0.29) is 11.2 Å². The van der Waals surface area contributed by atoms with E-state index in [0.717, 1.165) is 16.5 Å². The summed E-state index contributed by atoms with van der Waals surface area (Å²) in [7, 11) is 0. The van der Waals surface area contributed by atoms with Gasteiger partial charge in [-0.05, 0) is 43.2 Å².